The molecule has 1 N–H and O–H groups in total. The van der Waals surface area contributed by atoms with E-state index in [0.717, 1.165) is 4.47 Å². The van der Waals surface area contributed by atoms with Gasteiger partial charge in [-0.25, -0.2) is 13.2 Å². The molecule has 1 heterocycles. The van der Waals surface area contributed by atoms with E-state index in [1.165, 1.54) is 7.11 Å². The monoisotopic (exact) mass is 602 g/mol. The van der Waals surface area contributed by atoms with Crippen LogP contribution in [0.1, 0.15) is 38.1 Å². The van der Waals surface area contributed by atoms with Crippen LogP contribution < -0.4 is 10.1 Å². The molecule has 2 aromatic carbocycles. The van der Waals surface area contributed by atoms with Gasteiger partial charge in [-0.2, -0.15) is 0 Å². The third kappa shape index (κ3) is 6.49. The number of ether oxygens (including phenoxy) is 2. The van der Waals surface area contributed by atoms with Crippen LogP contribution in [-0.4, -0.2) is 51.3 Å². The minimum absolute atomic E-state index is 0.0850. The van der Waals surface area contributed by atoms with E-state index in [2.05, 4.69) is 37.2 Å². The predicted molar refractivity (Wildman–Crippen MR) is 134 cm³/mol. The van der Waals surface area contributed by atoms with Gasteiger partial charge >= 0.3 is 6.09 Å². The molecule has 0 aliphatic carbocycles. The summed E-state index contributed by atoms with van der Waals surface area (Å²) in [4.78, 5) is 14.2. The van der Waals surface area contributed by atoms with Crippen LogP contribution in [0.4, 0.5) is 4.79 Å². The summed E-state index contributed by atoms with van der Waals surface area (Å²) in [6.07, 6.45) is 0.209. The molecule has 0 saturated carbocycles. The number of carbonyl (C=O) groups is 1. The molecular formula is C23H28Br2N2O5S. The maximum Gasteiger partial charge on any atom is 0.410 e. The van der Waals surface area contributed by atoms with Crippen molar-refractivity contribution in [3.8, 4) is 5.75 Å². The lowest BCUT2D eigenvalue weighted by Gasteiger charge is -2.26. The molecular weight excluding hydrogens is 576 g/mol. The standard InChI is InChI=1S/C23H28Br2N2O5S/c1-23(2,3)32-22(28)27-12-11-18(14-27)26-21(15-5-7-16(24)8-6-15)33(29,30)20-13-17(25)9-10-19(20)31-4/h5-10,13,18,21,26H,11-12,14H2,1-4H3/t18-,21?/m1/s1. The van der Waals surface area contributed by atoms with Crippen LogP contribution in [0.2, 0.25) is 0 Å². The fourth-order valence-electron chi connectivity index (χ4n) is 3.61. The molecule has 1 unspecified atom stereocenters. The highest BCUT2D eigenvalue weighted by atomic mass is 79.9. The average Bonchev–Trinajstić information content (AvgIpc) is 3.20. The predicted octanol–water partition coefficient (Wildman–Crippen LogP) is 5.29. The number of hydrogen-bond acceptors (Lipinski definition) is 6. The quantitative estimate of drug-likeness (QED) is 0.483. The minimum atomic E-state index is -3.90. The smallest absolute Gasteiger partial charge is 0.410 e. The van der Waals surface area contributed by atoms with Crippen molar-refractivity contribution in [1.82, 2.24) is 10.2 Å². The fourth-order valence-corrected chi connectivity index (χ4v) is 6.25. The number of rotatable bonds is 6. The third-order valence-corrected chi connectivity index (χ3v) is 8.13. The zero-order chi connectivity index (χ0) is 24.4. The molecule has 0 bridgehead atoms. The van der Waals surface area contributed by atoms with Gasteiger partial charge in [0.05, 0.1) is 7.11 Å². The lowest BCUT2D eigenvalue weighted by atomic mass is 10.2. The number of amides is 1. The summed E-state index contributed by atoms with van der Waals surface area (Å²) in [6, 6.07) is 11.8. The number of nitrogens with one attached hydrogen (secondary N) is 1. The van der Waals surface area contributed by atoms with Crippen LogP contribution in [0.15, 0.2) is 56.3 Å². The van der Waals surface area contributed by atoms with Crippen molar-refractivity contribution in [3.63, 3.8) is 0 Å². The van der Waals surface area contributed by atoms with Crippen molar-refractivity contribution < 1.29 is 22.7 Å². The Bertz CT molecular complexity index is 1100. The Kier molecular flexibility index (Phi) is 8.14. The van der Waals surface area contributed by atoms with E-state index in [0.29, 0.717) is 29.5 Å². The van der Waals surface area contributed by atoms with Gasteiger partial charge in [0.25, 0.3) is 0 Å². The van der Waals surface area contributed by atoms with Crippen molar-refractivity contribution in [3.05, 3.63) is 57.0 Å². The molecule has 2 atom stereocenters. The van der Waals surface area contributed by atoms with Gasteiger partial charge in [0.2, 0.25) is 9.84 Å². The molecule has 0 radical (unpaired) electrons. The number of sulfone groups is 1. The van der Waals surface area contributed by atoms with Crippen LogP contribution in [0.3, 0.4) is 0 Å². The first-order valence-corrected chi connectivity index (χ1v) is 13.6. The zero-order valence-corrected chi connectivity index (χ0v) is 23.0. The Morgan fingerprint density at radius 3 is 2.36 bits per heavy atom. The highest BCUT2D eigenvalue weighted by Gasteiger charge is 2.37. The lowest BCUT2D eigenvalue weighted by Crippen LogP contribution is -2.41. The van der Waals surface area contributed by atoms with Crippen molar-refractivity contribution in [1.29, 1.82) is 0 Å². The molecule has 2 aromatic rings. The SMILES string of the molecule is COc1ccc(Br)cc1S(=O)(=O)C(N[C@@H]1CCN(C(=O)OC(C)(C)C)C1)c1ccc(Br)cc1. The largest absolute Gasteiger partial charge is 0.495 e. The molecule has 0 spiro atoms. The van der Waals surface area contributed by atoms with E-state index in [1.54, 1.807) is 47.4 Å². The number of methoxy groups -OCH3 is 1. The first-order chi connectivity index (χ1) is 15.4. The minimum Gasteiger partial charge on any atom is -0.495 e. The third-order valence-electron chi connectivity index (χ3n) is 5.14. The van der Waals surface area contributed by atoms with Gasteiger partial charge in [0, 0.05) is 28.1 Å². The van der Waals surface area contributed by atoms with Gasteiger partial charge in [-0.05, 0) is 63.1 Å². The van der Waals surface area contributed by atoms with Crippen LogP contribution in [0.5, 0.6) is 5.75 Å². The molecule has 3 rings (SSSR count). The number of nitrogens with zero attached hydrogens (tertiary/aromatic N) is 1. The Labute approximate surface area is 212 Å². The molecule has 180 valence electrons. The van der Waals surface area contributed by atoms with Crippen LogP contribution >= 0.6 is 31.9 Å². The second kappa shape index (κ2) is 10.3. The Hall–Kier alpha value is -1.62. The summed E-state index contributed by atoms with van der Waals surface area (Å²) in [7, 11) is -2.46. The normalized spacial score (nSPS) is 17.6. The Morgan fingerprint density at radius 2 is 1.76 bits per heavy atom. The first kappa shape index (κ1) is 26.0. The molecule has 10 heteroatoms. The van der Waals surface area contributed by atoms with Crippen molar-refractivity contribution in [2.75, 3.05) is 20.2 Å². The summed E-state index contributed by atoms with van der Waals surface area (Å²) in [5.74, 6) is 0.268. The Balaban J connectivity index is 1.92. The van der Waals surface area contributed by atoms with Crippen LogP contribution in [-0.2, 0) is 14.6 Å². The molecule has 1 aliphatic heterocycles. The Morgan fingerprint density at radius 1 is 1.12 bits per heavy atom. The number of likely N-dealkylation sites (tertiary alicyclic amines) is 1. The maximum absolute atomic E-state index is 13.9. The van der Waals surface area contributed by atoms with Gasteiger partial charge in [0.1, 0.15) is 21.6 Å². The second-order valence-electron chi connectivity index (χ2n) is 8.85. The van der Waals surface area contributed by atoms with Crippen molar-refractivity contribution >= 4 is 47.8 Å². The molecule has 1 saturated heterocycles. The van der Waals surface area contributed by atoms with E-state index in [1.807, 2.05) is 20.8 Å². The molecule has 33 heavy (non-hydrogen) atoms. The van der Waals surface area contributed by atoms with Crippen molar-refractivity contribution in [2.45, 2.75) is 49.1 Å². The van der Waals surface area contributed by atoms with Gasteiger partial charge in [-0.3, -0.25) is 5.32 Å². The highest BCUT2D eigenvalue weighted by Crippen LogP contribution is 2.36. The number of benzene rings is 2. The number of halogens is 2. The van der Waals surface area contributed by atoms with E-state index in [9.17, 15) is 13.2 Å². The van der Waals surface area contributed by atoms with Crippen LogP contribution in [0.25, 0.3) is 0 Å². The first-order valence-electron chi connectivity index (χ1n) is 10.5. The highest BCUT2D eigenvalue weighted by molar-refractivity contribution is 9.10. The van der Waals surface area contributed by atoms with E-state index in [-0.39, 0.29) is 16.7 Å². The topological polar surface area (TPSA) is 84.9 Å². The lowest BCUT2D eigenvalue weighted by molar-refractivity contribution is 0.0291. The van der Waals surface area contributed by atoms with Gasteiger partial charge in [0.15, 0.2) is 0 Å². The zero-order valence-electron chi connectivity index (χ0n) is 19.0. The molecule has 7 nitrogen and oxygen atoms in total. The molecule has 1 fully saturated rings. The van der Waals surface area contributed by atoms with Gasteiger partial charge in [-0.15, -0.1) is 0 Å². The summed E-state index contributed by atoms with van der Waals surface area (Å²) >= 11 is 6.77. The van der Waals surface area contributed by atoms with E-state index < -0.39 is 26.9 Å². The molecule has 0 aromatic heterocycles. The summed E-state index contributed by atoms with van der Waals surface area (Å²) in [5.41, 5.74) is -0.000630. The summed E-state index contributed by atoms with van der Waals surface area (Å²) in [5, 5.41) is 2.26. The van der Waals surface area contributed by atoms with Gasteiger partial charge < -0.3 is 14.4 Å². The number of hydrogen-bond donors (Lipinski definition) is 1. The molecule has 1 aliphatic rings. The number of carbonyl (C=O) groups excluding carboxylic acids is 1. The molecule has 1 amide bonds. The second-order valence-corrected chi connectivity index (χ2v) is 12.7. The fraction of sp³-hybridized carbons (Fsp3) is 0.435. The van der Waals surface area contributed by atoms with Crippen LogP contribution in [0, 0.1) is 0 Å². The summed E-state index contributed by atoms with van der Waals surface area (Å²) in [6.45, 7) is 6.29. The van der Waals surface area contributed by atoms with Gasteiger partial charge in [-0.1, -0.05) is 44.0 Å². The van der Waals surface area contributed by atoms with Crippen molar-refractivity contribution in [2.24, 2.45) is 0 Å². The average molecular weight is 604 g/mol. The van der Waals surface area contributed by atoms with E-state index in [4.69, 9.17) is 9.47 Å². The van der Waals surface area contributed by atoms with E-state index >= 15 is 0 Å². The maximum atomic E-state index is 13.9. The summed E-state index contributed by atoms with van der Waals surface area (Å²) < 4.78 is 40.0.